The Bertz CT molecular complexity index is 1420. The number of Topliss-reactive ketones (excluding diaryl/α,β-unsaturated/α-hetero) is 1. The number of H-pyrrole nitrogens is 1. The summed E-state index contributed by atoms with van der Waals surface area (Å²) in [5.74, 6) is 0.0634. The molecule has 40 heavy (non-hydrogen) atoms. The number of amides is 3. The van der Waals surface area contributed by atoms with E-state index in [4.69, 9.17) is 5.10 Å². The zero-order valence-corrected chi connectivity index (χ0v) is 23.1. The number of aromatic amines is 1. The predicted molar refractivity (Wildman–Crippen MR) is 152 cm³/mol. The molecule has 1 aliphatic heterocycles. The first-order valence-corrected chi connectivity index (χ1v) is 13.6. The molecule has 0 atom stereocenters. The van der Waals surface area contributed by atoms with Crippen LogP contribution in [0.15, 0.2) is 53.6 Å². The van der Waals surface area contributed by atoms with Crippen molar-refractivity contribution in [2.45, 2.75) is 52.9 Å². The van der Waals surface area contributed by atoms with Gasteiger partial charge in [-0.25, -0.2) is 9.80 Å². The number of aromatic nitrogens is 4. The van der Waals surface area contributed by atoms with Crippen molar-refractivity contribution in [3.05, 3.63) is 54.1 Å². The topological polar surface area (TPSA) is 137 Å². The highest BCUT2D eigenvalue weighted by Gasteiger charge is 2.36. The van der Waals surface area contributed by atoms with Gasteiger partial charge in [-0.3, -0.25) is 14.5 Å². The Balaban J connectivity index is 1.46. The van der Waals surface area contributed by atoms with Crippen molar-refractivity contribution in [3.63, 3.8) is 0 Å². The number of para-hydroxylation sites is 1. The van der Waals surface area contributed by atoms with Crippen LogP contribution in [0.25, 0.3) is 11.4 Å². The molecule has 1 aliphatic carbocycles. The van der Waals surface area contributed by atoms with E-state index in [9.17, 15) is 14.4 Å². The molecule has 2 heterocycles. The van der Waals surface area contributed by atoms with E-state index < -0.39 is 17.4 Å². The van der Waals surface area contributed by atoms with Crippen molar-refractivity contribution in [1.29, 1.82) is 0 Å². The Morgan fingerprint density at radius 2 is 1.80 bits per heavy atom. The molecule has 208 valence electrons. The lowest BCUT2D eigenvalue weighted by atomic mass is 9.83. The molecule has 0 radical (unpaired) electrons. The van der Waals surface area contributed by atoms with Gasteiger partial charge in [0.15, 0.2) is 5.78 Å². The monoisotopic (exact) mass is 542 g/mol. The Morgan fingerprint density at radius 3 is 2.52 bits per heavy atom. The maximum Gasteiger partial charge on any atom is 0.345 e. The number of hydrogen-bond donors (Lipinski definition) is 2. The summed E-state index contributed by atoms with van der Waals surface area (Å²) in [5.41, 5.74) is 2.83. The van der Waals surface area contributed by atoms with Gasteiger partial charge in [-0.2, -0.15) is 10.3 Å². The summed E-state index contributed by atoms with van der Waals surface area (Å²) in [7, 11) is 0. The molecule has 2 aliphatic rings. The van der Waals surface area contributed by atoms with Crippen LogP contribution < -0.4 is 10.2 Å². The van der Waals surface area contributed by atoms with Crippen molar-refractivity contribution in [3.8, 4) is 11.4 Å². The van der Waals surface area contributed by atoms with Crippen molar-refractivity contribution in [1.82, 2.24) is 25.6 Å². The first kappa shape index (κ1) is 27.2. The van der Waals surface area contributed by atoms with Gasteiger partial charge < -0.3 is 5.32 Å². The number of hydrazone groups is 1. The molecule has 0 bridgehead atoms. The third-order valence-corrected chi connectivity index (χ3v) is 7.32. The van der Waals surface area contributed by atoms with Gasteiger partial charge in [-0.15, -0.1) is 10.2 Å². The minimum Gasteiger partial charge on any atom is -0.324 e. The van der Waals surface area contributed by atoms with Gasteiger partial charge in [-0.05, 0) is 36.3 Å². The van der Waals surface area contributed by atoms with Gasteiger partial charge in [0.25, 0.3) is 0 Å². The molecule has 0 unspecified atom stereocenters. The molecule has 0 spiro atoms. The molecular weight excluding hydrogens is 508 g/mol. The minimum absolute atomic E-state index is 0.0838. The Kier molecular flexibility index (Phi) is 7.72. The highest BCUT2D eigenvalue weighted by Crippen LogP contribution is 2.34. The Hall–Kier alpha value is -4.41. The molecule has 5 rings (SSSR count). The number of carbonyl (C=O) groups excluding carboxylic acids is 3. The van der Waals surface area contributed by atoms with E-state index in [0.717, 1.165) is 37.0 Å². The first-order valence-electron chi connectivity index (χ1n) is 13.6. The molecule has 1 fully saturated rings. The molecule has 2 aromatic carbocycles. The van der Waals surface area contributed by atoms with Gasteiger partial charge >= 0.3 is 6.03 Å². The summed E-state index contributed by atoms with van der Waals surface area (Å²) in [5, 5.41) is 22.8. The Labute approximate surface area is 233 Å². The first-order chi connectivity index (χ1) is 19.2. The van der Waals surface area contributed by atoms with Gasteiger partial charge in [0, 0.05) is 28.1 Å². The number of fused-ring (bicyclic) bond motifs is 1. The number of ketones is 1. The molecule has 3 amide bonds. The summed E-state index contributed by atoms with van der Waals surface area (Å²) in [6.07, 6.45) is 5.27. The number of rotatable bonds is 7. The predicted octanol–water partition coefficient (Wildman–Crippen LogP) is 4.65. The second-order valence-electron chi connectivity index (χ2n) is 11.3. The fourth-order valence-electron chi connectivity index (χ4n) is 5.07. The van der Waals surface area contributed by atoms with E-state index in [2.05, 4.69) is 25.9 Å². The van der Waals surface area contributed by atoms with E-state index in [1.807, 2.05) is 45.0 Å². The number of carbonyl (C=O) groups is 3. The average Bonchev–Trinajstić information content (AvgIpc) is 3.46. The number of anilines is 2. The van der Waals surface area contributed by atoms with E-state index in [1.165, 1.54) is 16.3 Å². The molecule has 11 nitrogen and oxygen atoms in total. The van der Waals surface area contributed by atoms with Gasteiger partial charge in [0.05, 0.1) is 17.9 Å². The second-order valence-corrected chi connectivity index (χ2v) is 11.3. The van der Waals surface area contributed by atoms with Crippen LogP contribution in [0.1, 0.15) is 58.4 Å². The SMILES string of the molecule is CC(C)(C)C(=O)CN1C(=O)N(CC(=O)Nc2cccc(-c3nn[nH]n3)c2)N=C(C2CCCCC2)c2ccccc21. The van der Waals surface area contributed by atoms with Crippen LogP contribution in [0.3, 0.4) is 0 Å². The molecular formula is C29H34N8O3. The average molecular weight is 543 g/mol. The van der Waals surface area contributed by atoms with Crippen LogP contribution in [0.5, 0.6) is 0 Å². The summed E-state index contributed by atoms with van der Waals surface area (Å²) < 4.78 is 0. The van der Waals surface area contributed by atoms with Crippen LogP contribution in [0.4, 0.5) is 16.2 Å². The molecule has 3 aromatic rings. The van der Waals surface area contributed by atoms with Gasteiger partial charge in [-0.1, -0.05) is 70.4 Å². The number of tetrazole rings is 1. The van der Waals surface area contributed by atoms with E-state index >= 15 is 0 Å². The van der Waals surface area contributed by atoms with Crippen molar-refractivity contribution < 1.29 is 14.4 Å². The zero-order valence-electron chi connectivity index (χ0n) is 23.1. The van der Waals surface area contributed by atoms with E-state index in [-0.39, 0.29) is 24.8 Å². The molecule has 1 saturated carbocycles. The molecule has 0 saturated heterocycles. The zero-order chi connectivity index (χ0) is 28.3. The quantitative estimate of drug-likeness (QED) is 0.446. The van der Waals surface area contributed by atoms with Crippen LogP contribution >= 0.6 is 0 Å². The maximum absolute atomic E-state index is 14.0. The highest BCUT2D eigenvalue weighted by atomic mass is 16.2. The number of nitrogens with one attached hydrogen (secondary N) is 2. The van der Waals surface area contributed by atoms with Crippen molar-refractivity contribution >= 4 is 34.8 Å². The molecule has 2 N–H and O–H groups in total. The van der Waals surface area contributed by atoms with Crippen molar-refractivity contribution in [2.75, 3.05) is 23.3 Å². The molecule has 1 aromatic heterocycles. The minimum atomic E-state index is -0.638. The molecule has 11 heteroatoms. The standard InChI is InChI=1S/C29H34N8O3/c1-29(2,3)24(38)17-36-23-15-8-7-14-22(23)26(19-10-5-4-6-11-19)33-37(28(36)40)18-25(39)30-21-13-9-12-20(16-21)27-31-34-35-32-27/h7-9,12-16,19H,4-6,10-11,17-18H2,1-3H3,(H,30,39)(H,31,32,34,35). The normalized spacial score (nSPS) is 16.3. The third-order valence-electron chi connectivity index (χ3n) is 7.32. The van der Waals surface area contributed by atoms with E-state index in [1.54, 1.807) is 24.3 Å². The maximum atomic E-state index is 14.0. The lowest BCUT2D eigenvalue weighted by Crippen LogP contribution is -2.47. The Morgan fingerprint density at radius 1 is 1.02 bits per heavy atom. The summed E-state index contributed by atoms with van der Waals surface area (Å²) >= 11 is 0. The lowest BCUT2D eigenvalue weighted by molar-refractivity contribution is -0.124. The van der Waals surface area contributed by atoms with Gasteiger partial charge in [0.2, 0.25) is 11.7 Å². The van der Waals surface area contributed by atoms with Crippen molar-refractivity contribution in [2.24, 2.45) is 16.4 Å². The number of nitrogens with zero attached hydrogens (tertiary/aromatic N) is 6. The third kappa shape index (κ3) is 5.93. The number of benzene rings is 2. The second kappa shape index (κ2) is 11.4. The summed E-state index contributed by atoms with van der Waals surface area (Å²) in [6, 6.07) is 14.1. The van der Waals surface area contributed by atoms with Crippen LogP contribution in [-0.2, 0) is 9.59 Å². The fourth-order valence-corrected chi connectivity index (χ4v) is 5.07. The lowest BCUT2D eigenvalue weighted by Gasteiger charge is -2.28. The fraction of sp³-hybridized carbons (Fsp3) is 0.414. The summed E-state index contributed by atoms with van der Waals surface area (Å²) in [6.45, 7) is 5.08. The summed E-state index contributed by atoms with van der Waals surface area (Å²) in [4.78, 5) is 41.9. The smallest absolute Gasteiger partial charge is 0.324 e. The van der Waals surface area contributed by atoms with Gasteiger partial charge in [0.1, 0.15) is 6.54 Å². The highest BCUT2D eigenvalue weighted by molar-refractivity contribution is 6.13. The largest absolute Gasteiger partial charge is 0.345 e. The number of hydrogen-bond acceptors (Lipinski definition) is 7. The van der Waals surface area contributed by atoms with E-state index in [0.29, 0.717) is 22.8 Å². The number of urea groups is 1. The van der Waals surface area contributed by atoms with Crippen LogP contribution in [-0.4, -0.2) is 62.2 Å². The van der Waals surface area contributed by atoms with Crippen LogP contribution in [0.2, 0.25) is 0 Å². The van der Waals surface area contributed by atoms with Crippen LogP contribution in [0, 0.1) is 11.3 Å².